The maximum Gasteiger partial charge on any atom is 0.407 e. The number of rotatable bonds is 6. The van der Waals surface area contributed by atoms with Crippen molar-refractivity contribution in [3.63, 3.8) is 0 Å². The van der Waals surface area contributed by atoms with Crippen LogP contribution in [-0.2, 0) is 16.1 Å². The van der Waals surface area contributed by atoms with Crippen molar-refractivity contribution in [3.8, 4) is 0 Å². The molecule has 1 amide bonds. The molecule has 5 nitrogen and oxygen atoms in total. The Labute approximate surface area is 154 Å². The lowest BCUT2D eigenvalue weighted by atomic mass is 10.0. The molecule has 0 spiro atoms. The average Bonchev–Trinajstić information content (AvgIpc) is 2.68. The first-order valence-corrected chi connectivity index (χ1v) is 9.05. The molecule has 1 saturated heterocycles. The Morgan fingerprint density at radius 3 is 2.65 bits per heavy atom. The zero-order chi connectivity index (χ0) is 18.2. The van der Waals surface area contributed by atoms with Crippen LogP contribution in [0.1, 0.15) is 22.7 Å². The number of nitrogens with zero attached hydrogens (tertiary/aromatic N) is 1. The standard InChI is InChI=1S/C21H26N2O3/c1-17-6-5-9-19(14-17)20(23-10-12-25-13-11-23)15-22-21(24)26-16-18-7-3-2-4-8-18/h2-9,14,20H,10-13,15-16H2,1H3,(H,22,24). The van der Waals surface area contributed by atoms with Crippen molar-refractivity contribution in [3.05, 3.63) is 71.3 Å². The largest absolute Gasteiger partial charge is 0.445 e. The van der Waals surface area contributed by atoms with Gasteiger partial charge in [0.15, 0.2) is 0 Å². The van der Waals surface area contributed by atoms with Gasteiger partial charge in [0.05, 0.1) is 19.3 Å². The molecule has 0 radical (unpaired) electrons. The quantitative estimate of drug-likeness (QED) is 0.865. The number of ether oxygens (including phenoxy) is 2. The highest BCUT2D eigenvalue weighted by molar-refractivity contribution is 5.67. The van der Waals surface area contributed by atoms with E-state index in [0.29, 0.717) is 6.54 Å². The fourth-order valence-electron chi connectivity index (χ4n) is 3.18. The summed E-state index contributed by atoms with van der Waals surface area (Å²) >= 11 is 0. The molecule has 3 rings (SSSR count). The Hall–Kier alpha value is -2.37. The Bertz CT molecular complexity index is 699. The van der Waals surface area contributed by atoms with Gasteiger partial charge in [0, 0.05) is 19.6 Å². The van der Waals surface area contributed by atoms with Gasteiger partial charge in [-0.15, -0.1) is 0 Å². The van der Waals surface area contributed by atoms with E-state index in [9.17, 15) is 4.79 Å². The lowest BCUT2D eigenvalue weighted by molar-refractivity contribution is 0.0159. The molecule has 1 heterocycles. The van der Waals surface area contributed by atoms with Gasteiger partial charge in [-0.05, 0) is 18.1 Å². The van der Waals surface area contributed by atoms with E-state index in [0.717, 1.165) is 31.9 Å². The maximum absolute atomic E-state index is 12.1. The number of hydrogen-bond acceptors (Lipinski definition) is 4. The molecule has 26 heavy (non-hydrogen) atoms. The van der Waals surface area contributed by atoms with Crippen LogP contribution in [0, 0.1) is 6.92 Å². The highest BCUT2D eigenvalue weighted by atomic mass is 16.5. The fourth-order valence-corrected chi connectivity index (χ4v) is 3.18. The van der Waals surface area contributed by atoms with E-state index in [1.165, 1.54) is 11.1 Å². The second-order valence-electron chi connectivity index (χ2n) is 6.52. The molecule has 0 saturated carbocycles. The number of carbonyl (C=O) groups is 1. The monoisotopic (exact) mass is 354 g/mol. The van der Waals surface area contributed by atoms with Crippen LogP contribution in [0.2, 0.25) is 0 Å². The number of aryl methyl sites for hydroxylation is 1. The number of amides is 1. The van der Waals surface area contributed by atoms with Crippen molar-refractivity contribution in [1.82, 2.24) is 10.2 Å². The summed E-state index contributed by atoms with van der Waals surface area (Å²) in [7, 11) is 0. The third-order valence-corrected chi connectivity index (χ3v) is 4.57. The molecule has 1 unspecified atom stereocenters. The van der Waals surface area contributed by atoms with Crippen LogP contribution in [-0.4, -0.2) is 43.8 Å². The molecule has 2 aromatic carbocycles. The Balaban J connectivity index is 1.59. The lowest BCUT2D eigenvalue weighted by Gasteiger charge is -2.35. The van der Waals surface area contributed by atoms with Crippen LogP contribution in [0.3, 0.4) is 0 Å². The van der Waals surface area contributed by atoms with Crippen molar-refractivity contribution in [2.75, 3.05) is 32.8 Å². The Kier molecular flexibility index (Phi) is 6.63. The molecule has 0 aliphatic carbocycles. The molecule has 0 bridgehead atoms. The van der Waals surface area contributed by atoms with Crippen molar-refractivity contribution < 1.29 is 14.3 Å². The molecule has 1 aliphatic heterocycles. The van der Waals surface area contributed by atoms with E-state index in [-0.39, 0.29) is 18.7 Å². The maximum atomic E-state index is 12.1. The van der Waals surface area contributed by atoms with E-state index in [2.05, 4.69) is 41.4 Å². The molecule has 0 aromatic heterocycles. The van der Waals surface area contributed by atoms with E-state index >= 15 is 0 Å². The van der Waals surface area contributed by atoms with Crippen LogP contribution in [0.15, 0.2) is 54.6 Å². The number of benzene rings is 2. The summed E-state index contributed by atoms with van der Waals surface area (Å²) in [4.78, 5) is 14.5. The van der Waals surface area contributed by atoms with Gasteiger partial charge in [0.2, 0.25) is 0 Å². The van der Waals surface area contributed by atoms with Gasteiger partial charge in [-0.3, -0.25) is 4.90 Å². The van der Waals surface area contributed by atoms with Crippen molar-refractivity contribution in [1.29, 1.82) is 0 Å². The summed E-state index contributed by atoms with van der Waals surface area (Å²) in [5.74, 6) is 0. The minimum absolute atomic E-state index is 0.114. The van der Waals surface area contributed by atoms with Crippen LogP contribution in [0.5, 0.6) is 0 Å². The van der Waals surface area contributed by atoms with Crippen molar-refractivity contribution in [2.24, 2.45) is 0 Å². The average molecular weight is 354 g/mol. The van der Waals surface area contributed by atoms with Crippen molar-refractivity contribution in [2.45, 2.75) is 19.6 Å². The SMILES string of the molecule is Cc1cccc(C(CNC(=O)OCc2ccccc2)N2CCOCC2)c1. The summed E-state index contributed by atoms with van der Waals surface area (Å²) < 4.78 is 10.8. The van der Waals surface area contributed by atoms with E-state index in [1.807, 2.05) is 30.3 Å². The predicted molar refractivity (Wildman–Crippen MR) is 101 cm³/mol. The molecule has 2 aromatic rings. The third kappa shape index (κ3) is 5.31. The third-order valence-electron chi connectivity index (χ3n) is 4.57. The van der Waals surface area contributed by atoms with Crippen LogP contribution < -0.4 is 5.32 Å². The molecule has 1 N–H and O–H groups in total. The van der Waals surface area contributed by atoms with Crippen LogP contribution >= 0.6 is 0 Å². The summed E-state index contributed by atoms with van der Waals surface area (Å²) in [6.07, 6.45) is -0.389. The highest BCUT2D eigenvalue weighted by Crippen LogP contribution is 2.22. The number of nitrogens with one attached hydrogen (secondary N) is 1. The summed E-state index contributed by atoms with van der Waals surface area (Å²) in [5.41, 5.74) is 3.40. The second kappa shape index (κ2) is 9.36. The summed E-state index contributed by atoms with van der Waals surface area (Å²) in [6, 6.07) is 18.2. The topological polar surface area (TPSA) is 50.8 Å². The number of morpholine rings is 1. The first-order valence-electron chi connectivity index (χ1n) is 9.05. The normalized spacial score (nSPS) is 16.0. The molecular weight excluding hydrogens is 328 g/mol. The number of hydrogen-bond donors (Lipinski definition) is 1. The van der Waals surface area contributed by atoms with Gasteiger partial charge < -0.3 is 14.8 Å². The van der Waals surface area contributed by atoms with Crippen LogP contribution in [0.4, 0.5) is 4.79 Å². The van der Waals surface area contributed by atoms with Gasteiger partial charge in [-0.25, -0.2) is 4.79 Å². The first-order chi connectivity index (χ1) is 12.7. The highest BCUT2D eigenvalue weighted by Gasteiger charge is 2.23. The zero-order valence-corrected chi connectivity index (χ0v) is 15.2. The second-order valence-corrected chi connectivity index (χ2v) is 6.52. The first kappa shape index (κ1) is 18.4. The minimum atomic E-state index is -0.389. The molecule has 1 aliphatic rings. The summed E-state index contributed by atoms with van der Waals surface area (Å²) in [5, 5.41) is 2.92. The molecule has 5 heteroatoms. The number of carbonyl (C=O) groups excluding carboxylic acids is 1. The van der Waals surface area contributed by atoms with E-state index in [4.69, 9.17) is 9.47 Å². The molecular formula is C21H26N2O3. The predicted octanol–water partition coefficient (Wildman–Crippen LogP) is 3.29. The van der Waals surface area contributed by atoms with Gasteiger partial charge in [0.1, 0.15) is 6.61 Å². The summed E-state index contributed by atoms with van der Waals surface area (Å²) in [6.45, 7) is 6.04. The van der Waals surface area contributed by atoms with E-state index < -0.39 is 0 Å². The van der Waals surface area contributed by atoms with Gasteiger partial charge in [0.25, 0.3) is 0 Å². The lowest BCUT2D eigenvalue weighted by Crippen LogP contribution is -2.43. The van der Waals surface area contributed by atoms with Gasteiger partial charge in [-0.2, -0.15) is 0 Å². The van der Waals surface area contributed by atoms with Crippen molar-refractivity contribution >= 4 is 6.09 Å². The van der Waals surface area contributed by atoms with Crippen LogP contribution in [0.25, 0.3) is 0 Å². The molecule has 138 valence electrons. The van der Waals surface area contributed by atoms with Gasteiger partial charge in [-0.1, -0.05) is 60.2 Å². The fraction of sp³-hybridized carbons (Fsp3) is 0.381. The smallest absolute Gasteiger partial charge is 0.407 e. The van der Waals surface area contributed by atoms with Gasteiger partial charge >= 0.3 is 6.09 Å². The molecule has 1 fully saturated rings. The Morgan fingerprint density at radius 2 is 1.92 bits per heavy atom. The minimum Gasteiger partial charge on any atom is -0.445 e. The van der Waals surface area contributed by atoms with E-state index in [1.54, 1.807) is 0 Å². The zero-order valence-electron chi connectivity index (χ0n) is 15.2. The number of alkyl carbamates (subject to hydrolysis) is 1. The Morgan fingerprint density at radius 1 is 1.15 bits per heavy atom. The molecule has 1 atom stereocenters.